The topological polar surface area (TPSA) is 109 Å². The molecule has 42 heavy (non-hydrogen) atoms. The minimum absolute atomic E-state index is 0.109. The van der Waals surface area contributed by atoms with Gasteiger partial charge >= 0.3 is 6.61 Å². The number of allylic oxidation sites excluding steroid dienone is 1. The summed E-state index contributed by atoms with van der Waals surface area (Å²) in [5, 5.41) is 2.59. The number of aryl methyl sites for hydroxylation is 1. The molecule has 0 saturated carbocycles. The molecule has 2 aliphatic rings. The third-order valence-electron chi connectivity index (χ3n) is 8.17. The summed E-state index contributed by atoms with van der Waals surface area (Å²) in [6.07, 6.45) is 7.87. The highest BCUT2D eigenvalue weighted by molar-refractivity contribution is 5.94. The molecule has 1 fully saturated rings. The number of fused-ring (bicyclic) bond motifs is 1. The average molecular weight is 572 g/mol. The lowest BCUT2D eigenvalue weighted by atomic mass is 9.79. The number of aromatic amines is 1. The van der Waals surface area contributed by atoms with Crippen LogP contribution in [0.4, 0.5) is 14.6 Å². The van der Waals surface area contributed by atoms with Crippen LogP contribution in [0.5, 0.6) is 5.75 Å². The molecule has 1 saturated heterocycles. The molecule has 216 valence electrons. The Balaban J connectivity index is 1.19. The van der Waals surface area contributed by atoms with E-state index < -0.39 is 6.61 Å². The van der Waals surface area contributed by atoms with Gasteiger partial charge in [0.15, 0.2) is 0 Å². The van der Waals surface area contributed by atoms with Crippen LogP contribution in [0.2, 0.25) is 0 Å². The van der Waals surface area contributed by atoms with Crippen molar-refractivity contribution in [3.05, 3.63) is 83.0 Å². The first-order chi connectivity index (χ1) is 20.2. The highest BCUT2D eigenvalue weighted by atomic mass is 19.3. The predicted octanol–water partition coefficient (Wildman–Crippen LogP) is 5.19. The van der Waals surface area contributed by atoms with Crippen LogP contribution in [0.25, 0.3) is 22.9 Å². The molecule has 1 aliphatic carbocycles. The Morgan fingerprint density at radius 1 is 1.12 bits per heavy atom. The quantitative estimate of drug-likeness (QED) is 0.314. The molecule has 0 radical (unpaired) electrons. The lowest BCUT2D eigenvalue weighted by Gasteiger charge is -2.39. The summed E-state index contributed by atoms with van der Waals surface area (Å²) in [5.74, 6) is 1.69. The molecule has 11 heteroatoms. The fourth-order valence-corrected chi connectivity index (χ4v) is 5.70. The standard InChI is InChI=1S/C31H31F2N7O2/c1-18-26(19-5-4-6-22(13-19)42-30(32)33)39-29(38-18)31(2)9-11-40(12-10-31)27-23-14-21(15-25(23)36-17-37-27)20-7-8-24(35-16-20)28(41)34-3/h4-8,13-14,16-17,30H,9-12,15H2,1-3H3,(H,34,41)(H,38,39). The fourth-order valence-electron chi connectivity index (χ4n) is 5.70. The van der Waals surface area contributed by atoms with Crippen molar-refractivity contribution in [3.63, 3.8) is 0 Å². The Hall–Kier alpha value is -4.67. The Kier molecular flexibility index (Phi) is 7.17. The lowest BCUT2D eigenvalue weighted by Crippen LogP contribution is -2.42. The Morgan fingerprint density at radius 2 is 1.93 bits per heavy atom. The molecule has 3 aromatic heterocycles. The Morgan fingerprint density at radius 3 is 2.64 bits per heavy atom. The zero-order chi connectivity index (χ0) is 29.4. The molecule has 4 aromatic rings. The van der Waals surface area contributed by atoms with E-state index in [1.54, 1.807) is 37.8 Å². The Bertz CT molecular complexity index is 1660. The molecule has 1 aliphatic heterocycles. The number of rotatable bonds is 7. The number of nitrogens with zero attached hydrogens (tertiary/aromatic N) is 5. The second-order valence-electron chi connectivity index (χ2n) is 10.9. The minimum atomic E-state index is -2.88. The largest absolute Gasteiger partial charge is 0.435 e. The first-order valence-electron chi connectivity index (χ1n) is 13.8. The van der Waals surface area contributed by atoms with Gasteiger partial charge in [-0.15, -0.1) is 0 Å². The summed E-state index contributed by atoms with van der Waals surface area (Å²) in [5.41, 5.74) is 6.57. The maximum atomic E-state index is 12.7. The molecule has 0 spiro atoms. The van der Waals surface area contributed by atoms with E-state index in [2.05, 4.69) is 47.9 Å². The van der Waals surface area contributed by atoms with E-state index in [-0.39, 0.29) is 17.1 Å². The van der Waals surface area contributed by atoms with Gasteiger partial charge in [-0.05, 0) is 55.2 Å². The van der Waals surface area contributed by atoms with E-state index in [0.29, 0.717) is 12.1 Å². The third-order valence-corrected chi connectivity index (χ3v) is 8.17. The van der Waals surface area contributed by atoms with Gasteiger partial charge in [0.05, 0.1) is 11.4 Å². The Labute approximate surface area is 242 Å². The summed E-state index contributed by atoms with van der Waals surface area (Å²) in [6.45, 7) is 2.86. The first-order valence-corrected chi connectivity index (χ1v) is 13.8. The number of pyridine rings is 1. The minimum Gasteiger partial charge on any atom is -0.435 e. The van der Waals surface area contributed by atoms with Crippen molar-refractivity contribution in [1.29, 1.82) is 0 Å². The van der Waals surface area contributed by atoms with Crippen LogP contribution >= 0.6 is 0 Å². The highest BCUT2D eigenvalue weighted by Crippen LogP contribution is 2.40. The summed E-state index contributed by atoms with van der Waals surface area (Å²) in [6, 6.07) is 10.3. The number of anilines is 1. The number of nitrogens with one attached hydrogen (secondary N) is 2. The van der Waals surface area contributed by atoms with Crippen LogP contribution in [0.1, 0.15) is 58.6 Å². The molecular weight excluding hydrogens is 540 g/mol. The van der Waals surface area contributed by atoms with E-state index in [0.717, 1.165) is 76.9 Å². The van der Waals surface area contributed by atoms with Crippen molar-refractivity contribution < 1.29 is 18.3 Å². The fraction of sp³-hybridized carbons (Fsp3) is 0.323. The van der Waals surface area contributed by atoms with E-state index in [4.69, 9.17) is 4.98 Å². The maximum Gasteiger partial charge on any atom is 0.387 e. The van der Waals surface area contributed by atoms with Crippen molar-refractivity contribution in [2.45, 2.75) is 45.1 Å². The maximum absolute atomic E-state index is 12.7. The number of alkyl halides is 2. The zero-order valence-corrected chi connectivity index (χ0v) is 23.6. The molecular formula is C31H31F2N7O2. The van der Waals surface area contributed by atoms with Gasteiger partial charge in [0.1, 0.15) is 29.4 Å². The van der Waals surface area contributed by atoms with Crippen molar-refractivity contribution in [2.75, 3.05) is 25.0 Å². The summed E-state index contributed by atoms with van der Waals surface area (Å²) in [7, 11) is 1.58. The number of amides is 1. The number of ether oxygens (including phenoxy) is 1. The number of halogens is 2. The number of imidazole rings is 1. The molecule has 6 rings (SSSR count). The smallest absolute Gasteiger partial charge is 0.387 e. The first kappa shape index (κ1) is 27.5. The second-order valence-corrected chi connectivity index (χ2v) is 10.9. The lowest BCUT2D eigenvalue weighted by molar-refractivity contribution is -0.0498. The summed E-state index contributed by atoms with van der Waals surface area (Å²) < 4.78 is 30.0. The van der Waals surface area contributed by atoms with Gasteiger partial charge in [-0.2, -0.15) is 8.78 Å². The van der Waals surface area contributed by atoms with E-state index in [9.17, 15) is 13.6 Å². The van der Waals surface area contributed by atoms with Crippen molar-refractivity contribution in [3.8, 4) is 17.0 Å². The molecule has 4 heterocycles. The molecule has 1 amide bonds. The van der Waals surface area contributed by atoms with Gasteiger partial charge in [0.2, 0.25) is 0 Å². The van der Waals surface area contributed by atoms with Gasteiger partial charge in [-0.1, -0.05) is 25.1 Å². The number of benzene rings is 1. The SMILES string of the molecule is CNC(=O)c1ccc(C2=Cc3c(ncnc3N3CCC(C)(c4nc(-c5cccc(OC(F)F)c5)c(C)[nH]4)CC3)C2)cn1. The van der Waals surface area contributed by atoms with Gasteiger partial charge in [-0.3, -0.25) is 9.78 Å². The number of H-pyrrole nitrogens is 1. The van der Waals surface area contributed by atoms with Gasteiger partial charge in [0.25, 0.3) is 5.91 Å². The molecule has 0 unspecified atom stereocenters. The highest BCUT2D eigenvalue weighted by Gasteiger charge is 2.36. The normalized spacial score (nSPS) is 15.9. The van der Waals surface area contributed by atoms with Gasteiger partial charge < -0.3 is 19.9 Å². The summed E-state index contributed by atoms with van der Waals surface area (Å²) >= 11 is 0. The van der Waals surface area contributed by atoms with Crippen LogP contribution in [-0.4, -0.2) is 57.6 Å². The number of aromatic nitrogens is 5. The van der Waals surface area contributed by atoms with E-state index >= 15 is 0 Å². The average Bonchev–Trinajstić information content (AvgIpc) is 3.61. The van der Waals surface area contributed by atoms with Crippen molar-refractivity contribution >= 4 is 23.4 Å². The van der Waals surface area contributed by atoms with Crippen LogP contribution in [0.3, 0.4) is 0 Å². The second kappa shape index (κ2) is 11.0. The number of hydrogen-bond acceptors (Lipinski definition) is 7. The van der Waals surface area contributed by atoms with Gasteiger partial charge in [-0.25, -0.2) is 15.0 Å². The number of carbonyl (C=O) groups is 1. The van der Waals surface area contributed by atoms with Crippen LogP contribution in [0, 0.1) is 6.92 Å². The van der Waals surface area contributed by atoms with Crippen LogP contribution in [0.15, 0.2) is 48.9 Å². The van der Waals surface area contributed by atoms with Crippen LogP contribution in [-0.2, 0) is 11.8 Å². The molecule has 0 bridgehead atoms. The monoisotopic (exact) mass is 571 g/mol. The number of piperidine rings is 1. The van der Waals surface area contributed by atoms with Crippen molar-refractivity contribution in [1.82, 2.24) is 30.2 Å². The van der Waals surface area contributed by atoms with Crippen LogP contribution < -0.4 is 15.0 Å². The number of carbonyl (C=O) groups excluding carboxylic acids is 1. The van der Waals surface area contributed by atoms with Crippen molar-refractivity contribution in [2.24, 2.45) is 0 Å². The van der Waals surface area contributed by atoms with Gasteiger partial charge in [0, 0.05) is 55.0 Å². The third kappa shape index (κ3) is 5.22. The molecule has 0 atom stereocenters. The predicted molar refractivity (Wildman–Crippen MR) is 155 cm³/mol. The van der Waals surface area contributed by atoms with E-state index in [1.165, 1.54) is 6.07 Å². The molecule has 1 aromatic carbocycles. The molecule has 9 nitrogen and oxygen atoms in total. The van der Waals surface area contributed by atoms with E-state index in [1.807, 2.05) is 19.1 Å². The summed E-state index contributed by atoms with van der Waals surface area (Å²) in [4.78, 5) is 36.1. The molecule has 2 N–H and O–H groups in total. The zero-order valence-electron chi connectivity index (χ0n) is 23.6. The number of hydrogen-bond donors (Lipinski definition) is 2.